The molecule has 2 rings (SSSR count). The minimum Gasteiger partial charge on any atom is -0.493 e. The summed E-state index contributed by atoms with van der Waals surface area (Å²) in [5, 5.41) is 12.5. The van der Waals surface area contributed by atoms with Crippen LogP contribution in [0.15, 0.2) is 39.3 Å². The Morgan fingerprint density at radius 1 is 1.39 bits per heavy atom. The van der Waals surface area contributed by atoms with Crippen molar-refractivity contribution in [3.05, 3.63) is 45.9 Å². The fourth-order valence-corrected chi connectivity index (χ4v) is 2.17. The van der Waals surface area contributed by atoms with Gasteiger partial charge in [0, 0.05) is 0 Å². The molecule has 1 heterocycles. The van der Waals surface area contributed by atoms with Gasteiger partial charge in [0.05, 0.1) is 12.8 Å². The molecule has 7 heteroatoms. The first-order valence-electron chi connectivity index (χ1n) is 7.28. The van der Waals surface area contributed by atoms with Crippen LogP contribution in [0.3, 0.4) is 0 Å². The van der Waals surface area contributed by atoms with Crippen molar-refractivity contribution in [1.29, 1.82) is 0 Å². The predicted octanol–water partition coefficient (Wildman–Crippen LogP) is 2.59. The fraction of sp³-hybridized carbons (Fsp3) is 0.375. The second kappa shape index (κ2) is 7.92. The highest BCUT2D eigenvalue weighted by Gasteiger charge is 2.07. The van der Waals surface area contributed by atoms with E-state index in [1.54, 1.807) is 13.1 Å². The van der Waals surface area contributed by atoms with Crippen molar-refractivity contribution in [2.75, 3.05) is 12.9 Å². The summed E-state index contributed by atoms with van der Waals surface area (Å²) in [5.74, 6) is 1.24. The molecule has 0 saturated carbocycles. The third kappa shape index (κ3) is 4.66. The lowest BCUT2D eigenvalue weighted by molar-refractivity contribution is 0.271. The maximum atomic E-state index is 12.1. The van der Waals surface area contributed by atoms with Crippen molar-refractivity contribution >= 4 is 18.0 Å². The van der Waals surface area contributed by atoms with Crippen LogP contribution in [-0.2, 0) is 0 Å². The van der Waals surface area contributed by atoms with Gasteiger partial charge in [-0.15, -0.1) is 10.2 Å². The molecule has 2 aromatic rings. The number of hydrogen-bond donors (Lipinski definition) is 0. The van der Waals surface area contributed by atoms with Gasteiger partial charge < -0.3 is 4.74 Å². The highest BCUT2D eigenvalue weighted by Crippen LogP contribution is 2.13. The molecule has 6 nitrogen and oxygen atoms in total. The Kier molecular flexibility index (Phi) is 5.92. The van der Waals surface area contributed by atoms with E-state index in [0.717, 1.165) is 11.3 Å². The van der Waals surface area contributed by atoms with E-state index in [0.29, 0.717) is 23.4 Å². The molecular formula is C16H20N4O2S. The zero-order chi connectivity index (χ0) is 16.8. The molecule has 1 aromatic carbocycles. The molecule has 0 amide bonds. The van der Waals surface area contributed by atoms with Crippen molar-refractivity contribution in [3.8, 4) is 5.75 Å². The first-order valence-corrected chi connectivity index (χ1v) is 8.51. The topological polar surface area (TPSA) is 69.4 Å². The van der Waals surface area contributed by atoms with Gasteiger partial charge in [-0.2, -0.15) is 9.78 Å². The van der Waals surface area contributed by atoms with E-state index in [2.05, 4.69) is 29.1 Å². The smallest absolute Gasteiger partial charge is 0.296 e. The summed E-state index contributed by atoms with van der Waals surface area (Å²) in [6.45, 7) is 6.47. The van der Waals surface area contributed by atoms with E-state index in [1.165, 1.54) is 16.4 Å². The van der Waals surface area contributed by atoms with Gasteiger partial charge in [-0.1, -0.05) is 37.7 Å². The van der Waals surface area contributed by atoms with Gasteiger partial charge in [0.25, 0.3) is 5.56 Å². The van der Waals surface area contributed by atoms with Crippen LogP contribution in [-0.4, -0.2) is 34.0 Å². The second-order valence-corrected chi connectivity index (χ2v) is 6.18. The van der Waals surface area contributed by atoms with Crippen molar-refractivity contribution in [2.45, 2.75) is 25.9 Å². The molecule has 0 aliphatic rings. The molecular weight excluding hydrogens is 312 g/mol. The van der Waals surface area contributed by atoms with Gasteiger partial charge in [-0.3, -0.25) is 4.79 Å². The van der Waals surface area contributed by atoms with Gasteiger partial charge in [0.2, 0.25) is 5.16 Å². The van der Waals surface area contributed by atoms with Crippen LogP contribution in [0.25, 0.3) is 0 Å². The largest absolute Gasteiger partial charge is 0.493 e. The van der Waals surface area contributed by atoms with Crippen LogP contribution < -0.4 is 10.3 Å². The maximum absolute atomic E-state index is 12.1. The van der Waals surface area contributed by atoms with Gasteiger partial charge >= 0.3 is 0 Å². The summed E-state index contributed by atoms with van der Waals surface area (Å²) in [7, 11) is 0. The van der Waals surface area contributed by atoms with Crippen LogP contribution in [0.1, 0.15) is 25.1 Å². The summed E-state index contributed by atoms with van der Waals surface area (Å²) in [6, 6.07) is 7.58. The predicted molar refractivity (Wildman–Crippen MR) is 92.6 cm³/mol. The van der Waals surface area contributed by atoms with Crippen molar-refractivity contribution in [3.63, 3.8) is 0 Å². The molecule has 0 bridgehead atoms. The van der Waals surface area contributed by atoms with Gasteiger partial charge in [0.15, 0.2) is 0 Å². The zero-order valence-electron chi connectivity index (χ0n) is 13.7. The summed E-state index contributed by atoms with van der Waals surface area (Å²) in [6.07, 6.45) is 3.44. The Hall–Kier alpha value is -2.15. The first-order chi connectivity index (χ1) is 11.0. The molecule has 0 spiro atoms. The number of ether oxygens (including phenoxy) is 1. The molecule has 0 atom stereocenters. The van der Waals surface area contributed by atoms with E-state index in [9.17, 15) is 4.79 Å². The molecule has 0 saturated heterocycles. The highest BCUT2D eigenvalue weighted by atomic mass is 32.2. The number of aryl methyl sites for hydroxylation is 1. The number of aromatic nitrogens is 3. The Morgan fingerprint density at radius 3 is 2.87 bits per heavy atom. The fourth-order valence-electron chi connectivity index (χ4n) is 1.74. The van der Waals surface area contributed by atoms with Gasteiger partial charge in [-0.05, 0) is 36.8 Å². The lowest BCUT2D eigenvalue weighted by Crippen LogP contribution is -2.23. The van der Waals surface area contributed by atoms with E-state index in [-0.39, 0.29) is 5.56 Å². The SMILES string of the molecule is CSc1nnc(C)c(=O)n1/N=C\c1cccc(OCC(C)C)c1. The molecule has 1 aromatic heterocycles. The normalized spacial score (nSPS) is 11.3. The van der Waals surface area contributed by atoms with Crippen molar-refractivity contribution in [2.24, 2.45) is 11.0 Å². The van der Waals surface area contributed by atoms with E-state index >= 15 is 0 Å². The molecule has 122 valence electrons. The van der Waals surface area contributed by atoms with Gasteiger partial charge in [0.1, 0.15) is 11.4 Å². The summed E-state index contributed by atoms with van der Waals surface area (Å²) in [5.41, 5.74) is 0.890. The third-order valence-electron chi connectivity index (χ3n) is 2.91. The van der Waals surface area contributed by atoms with E-state index in [1.807, 2.05) is 30.5 Å². The number of thioether (sulfide) groups is 1. The highest BCUT2D eigenvalue weighted by molar-refractivity contribution is 7.98. The van der Waals surface area contributed by atoms with Crippen LogP contribution in [0.5, 0.6) is 5.75 Å². The van der Waals surface area contributed by atoms with E-state index in [4.69, 9.17) is 4.74 Å². The lowest BCUT2D eigenvalue weighted by atomic mass is 10.2. The number of hydrogen-bond acceptors (Lipinski definition) is 6. The quantitative estimate of drug-likeness (QED) is 0.601. The minimum atomic E-state index is -0.271. The molecule has 23 heavy (non-hydrogen) atoms. The lowest BCUT2D eigenvalue weighted by Gasteiger charge is -2.09. The van der Waals surface area contributed by atoms with Crippen LogP contribution in [0, 0.1) is 12.8 Å². The number of benzene rings is 1. The minimum absolute atomic E-state index is 0.271. The van der Waals surface area contributed by atoms with Crippen molar-refractivity contribution in [1.82, 2.24) is 14.9 Å². The molecule has 0 aliphatic carbocycles. The van der Waals surface area contributed by atoms with Crippen LogP contribution in [0.2, 0.25) is 0 Å². The second-order valence-electron chi connectivity index (χ2n) is 5.41. The van der Waals surface area contributed by atoms with Crippen LogP contribution >= 0.6 is 11.8 Å². The Labute approximate surface area is 139 Å². The molecule has 0 aliphatic heterocycles. The average Bonchev–Trinajstić information content (AvgIpc) is 2.54. The molecule has 0 N–H and O–H groups in total. The summed E-state index contributed by atoms with van der Waals surface area (Å²) >= 11 is 1.32. The third-order valence-corrected chi connectivity index (χ3v) is 3.53. The summed E-state index contributed by atoms with van der Waals surface area (Å²) < 4.78 is 6.95. The monoisotopic (exact) mass is 332 g/mol. The van der Waals surface area contributed by atoms with Crippen molar-refractivity contribution < 1.29 is 4.74 Å². The molecule has 0 radical (unpaired) electrons. The molecule has 0 unspecified atom stereocenters. The zero-order valence-corrected chi connectivity index (χ0v) is 14.5. The number of rotatable bonds is 6. The standard InChI is InChI=1S/C16H20N4O2S/c1-11(2)10-22-14-7-5-6-13(8-14)9-17-20-15(21)12(3)18-19-16(20)23-4/h5-9,11H,10H2,1-4H3/b17-9-. The molecule has 0 fully saturated rings. The first kappa shape index (κ1) is 17.2. The van der Waals surface area contributed by atoms with E-state index < -0.39 is 0 Å². The Morgan fingerprint density at radius 2 is 2.17 bits per heavy atom. The maximum Gasteiger partial charge on any atom is 0.296 e. The van der Waals surface area contributed by atoms with Crippen LogP contribution in [0.4, 0.5) is 0 Å². The Balaban J connectivity index is 2.26. The van der Waals surface area contributed by atoms with Gasteiger partial charge in [-0.25, -0.2) is 0 Å². The number of nitrogens with zero attached hydrogens (tertiary/aromatic N) is 4. The average molecular weight is 332 g/mol. The Bertz CT molecular complexity index is 756. The summed E-state index contributed by atoms with van der Waals surface area (Å²) in [4.78, 5) is 12.1.